The topological polar surface area (TPSA) is 102 Å². The van der Waals surface area contributed by atoms with E-state index in [1.54, 1.807) is 0 Å². The molecule has 5 atom stereocenters. The number of nitrogens with zero attached hydrogens (tertiary/aromatic N) is 2. The van der Waals surface area contributed by atoms with Gasteiger partial charge in [-0.3, -0.25) is 4.79 Å². The fourth-order valence-corrected chi connectivity index (χ4v) is 11.3. The number of carbonyl (C=O) groups excluding carboxylic acids is 1. The summed E-state index contributed by atoms with van der Waals surface area (Å²) in [6, 6.07) is 17.7. The maximum Gasteiger partial charge on any atom is 0.241 e. The van der Waals surface area contributed by atoms with Gasteiger partial charge in [-0.1, -0.05) is 44.2 Å². The van der Waals surface area contributed by atoms with E-state index in [1.165, 1.54) is 4.31 Å². The Kier molecular flexibility index (Phi) is 6.97. The second kappa shape index (κ2) is 10.5. The number of amides is 1. The number of hydrogen-bond acceptors (Lipinski definition) is 7. The number of oxazole rings is 1. The standard InChI is InChI=1S/C34H41N3O5S/c1-22-29(36-31(42-22)24-9-5-4-6-10-24)13-15-41-27-11-7-8-23(17-27)16-25-19-35-20-28(25)32(38)37-30-18-26-12-14-34(30,33(26,2)3)21-43(37,39)40/h4-11,17,25-26,28,30,35H,12-16,18-21H2,1-3H3/t25-,26?,28-,30-,34-/m1/s1. The molecule has 1 amide bonds. The molecule has 2 saturated carbocycles. The average Bonchev–Trinajstić information content (AvgIpc) is 3.74. The van der Waals surface area contributed by atoms with Crippen LogP contribution in [0.3, 0.4) is 0 Å². The predicted molar refractivity (Wildman–Crippen MR) is 164 cm³/mol. The van der Waals surface area contributed by atoms with E-state index in [0.717, 1.165) is 47.6 Å². The van der Waals surface area contributed by atoms with Crippen LogP contribution in [0.25, 0.3) is 11.5 Å². The number of benzene rings is 2. The van der Waals surface area contributed by atoms with Crippen LogP contribution in [0, 0.1) is 35.5 Å². The summed E-state index contributed by atoms with van der Waals surface area (Å²) in [6.07, 6.45) is 4.09. The van der Waals surface area contributed by atoms with Crippen molar-refractivity contribution in [2.24, 2.45) is 28.6 Å². The lowest BCUT2D eigenvalue weighted by molar-refractivity contribution is -0.133. The van der Waals surface area contributed by atoms with Gasteiger partial charge < -0.3 is 14.5 Å². The molecule has 2 aromatic carbocycles. The number of sulfonamides is 1. The van der Waals surface area contributed by atoms with E-state index in [2.05, 4.69) is 30.2 Å². The number of ether oxygens (including phenoxy) is 1. The molecule has 228 valence electrons. The van der Waals surface area contributed by atoms with Crippen molar-refractivity contribution in [2.75, 3.05) is 25.4 Å². The van der Waals surface area contributed by atoms with Crippen LogP contribution in [0.4, 0.5) is 0 Å². The zero-order valence-electron chi connectivity index (χ0n) is 25.2. The molecule has 2 saturated heterocycles. The molecule has 1 unspecified atom stereocenters. The second-order valence-electron chi connectivity index (χ2n) is 13.6. The lowest BCUT2D eigenvalue weighted by atomic mass is 9.69. The number of nitrogens with one attached hydrogen (secondary N) is 1. The summed E-state index contributed by atoms with van der Waals surface area (Å²) in [5, 5.41) is 3.38. The molecule has 4 aliphatic rings. The van der Waals surface area contributed by atoms with Gasteiger partial charge in [0.1, 0.15) is 11.5 Å². The summed E-state index contributed by atoms with van der Waals surface area (Å²) in [7, 11) is -3.63. The highest BCUT2D eigenvalue weighted by Crippen LogP contribution is 2.70. The van der Waals surface area contributed by atoms with Crippen molar-refractivity contribution in [2.45, 2.75) is 58.9 Å². The predicted octanol–water partition coefficient (Wildman–Crippen LogP) is 5.02. The summed E-state index contributed by atoms with van der Waals surface area (Å²) in [4.78, 5) is 18.7. The van der Waals surface area contributed by atoms with Crippen LogP contribution in [0.2, 0.25) is 0 Å². The van der Waals surface area contributed by atoms with Crippen LogP contribution >= 0.6 is 0 Å². The first kappa shape index (κ1) is 28.6. The maximum absolute atomic E-state index is 14.0. The van der Waals surface area contributed by atoms with Gasteiger partial charge in [0.2, 0.25) is 21.8 Å². The summed E-state index contributed by atoms with van der Waals surface area (Å²) >= 11 is 0. The van der Waals surface area contributed by atoms with Crippen molar-refractivity contribution >= 4 is 15.9 Å². The highest BCUT2D eigenvalue weighted by molar-refractivity contribution is 7.90. The molecule has 3 heterocycles. The summed E-state index contributed by atoms with van der Waals surface area (Å²) in [5.41, 5.74) is 2.56. The van der Waals surface area contributed by atoms with Crippen molar-refractivity contribution in [1.82, 2.24) is 14.6 Å². The first-order valence-corrected chi connectivity index (χ1v) is 17.2. The minimum Gasteiger partial charge on any atom is -0.493 e. The summed E-state index contributed by atoms with van der Waals surface area (Å²) < 4.78 is 40.4. The van der Waals surface area contributed by atoms with Gasteiger partial charge >= 0.3 is 0 Å². The summed E-state index contributed by atoms with van der Waals surface area (Å²) in [6.45, 7) is 8.03. The molecular weight excluding hydrogens is 562 g/mol. The van der Waals surface area contributed by atoms with Crippen LogP contribution < -0.4 is 10.1 Å². The van der Waals surface area contributed by atoms with E-state index >= 15 is 0 Å². The molecule has 9 heteroatoms. The van der Waals surface area contributed by atoms with Gasteiger partial charge in [-0.2, -0.15) is 0 Å². The Labute approximate surface area is 254 Å². The minimum absolute atomic E-state index is 0.0234. The van der Waals surface area contributed by atoms with E-state index < -0.39 is 10.0 Å². The molecule has 1 spiro atoms. The monoisotopic (exact) mass is 603 g/mol. The fourth-order valence-electron chi connectivity index (χ4n) is 8.67. The Bertz CT molecular complexity index is 1630. The van der Waals surface area contributed by atoms with Gasteiger partial charge in [-0.25, -0.2) is 17.7 Å². The fraction of sp³-hybridized carbons (Fsp3) is 0.529. The summed E-state index contributed by atoms with van der Waals surface area (Å²) in [5.74, 6) is 2.25. The normalized spacial score (nSPS) is 30.1. The van der Waals surface area contributed by atoms with Crippen LogP contribution in [0.1, 0.15) is 50.1 Å². The first-order chi connectivity index (χ1) is 20.6. The van der Waals surface area contributed by atoms with Gasteiger partial charge in [0.05, 0.1) is 30.0 Å². The molecule has 0 radical (unpaired) electrons. The molecular formula is C34H41N3O5S. The Morgan fingerprint density at radius 1 is 1.14 bits per heavy atom. The molecule has 43 heavy (non-hydrogen) atoms. The largest absolute Gasteiger partial charge is 0.493 e. The van der Waals surface area contributed by atoms with Gasteiger partial charge in [-0.05, 0) is 86.2 Å². The van der Waals surface area contributed by atoms with Gasteiger partial charge in [0, 0.05) is 23.9 Å². The molecule has 1 aromatic heterocycles. The number of hydrogen-bond donors (Lipinski definition) is 1. The Hall–Kier alpha value is -3.17. The number of rotatable bonds is 8. The number of aryl methyl sites for hydroxylation is 1. The molecule has 1 N–H and O–H groups in total. The molecule has 2 aliphatic heterocycles. The van der Waals surface area contributed by atoms with Crippen molar-refractivity contribution in [3.8, 4) is 17.2 Å². The zero-order valence-corrected chi connectivity index (χ0v) is 26.0. The van der Waals surface area contributed by atoms with E-state index in [1.807, 2.05) is 55.5 Å². The minimum atomic E-state index is -3.63. The average molecular weight is 604 g/mol. The van der Waals surface area contributed by atoms with Crippen molar-refractivity contribution in [3.05, 3.63) is 71.6 Å². The van der Waals surface area contributed by atoms with Crippen molar-refractivity contribution in [1.29, 1.82) is 0 Å². The van der Waals surface area contributed by atoms with E-state index in [4.69, 9.17) is 9.15 Å². The molecule has 4 fully saturated rings. The van der Waals surface area contributed by atoms with Crippen LogP contribution in [0.5, 0.6) is 5.75 Å². The Morgan fingerprint density at radius 2 is 1.95 bits per heavy atom. The van der Waals surface area contributed by atoms with Crippen molar-refractivity contribution < 1.29 is 22.4 Å². The van der Waals surface area contributed by atoms with Gasteiger partial charge in [0.25, 0.3) is 0 Å². The molecule has 7 rings (SSSR count). The third-order valence-corrected chi connectivity index (χ3v) is 13.1. The van der Waals surface area contributed by atoms with E-state index in [0.29, 0.717) is 44.3 Å². The van der Waals surface area contributed by atoms with Crippen LogP contribution in [0.15, 0.2) is 59.0 Å². The van der Waals surface area contributed by atoms with E-state index in [-0.39, 0.29) is 40.4 Å². The van der Waals surface area contributed by atoms with Gasteiger partial charge in [-0.15, -0.1) is 0 Å². The van der Waals surface area contributed by atoms with Gasteiger partial charge in [0.15, 0.2) is 0 Å². The lowest BCUT2D eigenvalue weighted by Crippen LogP contribution is -2.47. The molecule has 2 aliphatic carbocycles. The van der Waals surface area contributed by atoms with Crippen LogP contribution in [-0.4, -0.2) is 55.1 Å². The highest BCUT2D eigenvalue weighted by Gasteiger charge is 2.72. The Morgan fingerprint density at radius 3 is 2.74 bits per heavy atom. The first-order valence-electron chi connectivity index (χ1n) is 15.6. The quantitative estimate of drug-likeness (QED) is 0.386. The maximum atomic E-state index is 14.0. The number of aromatic nitrogens is 1. The highest BCUT2D eigenvalue weighted by atomic mass is 32.2. The SMILES string of the molecule is Cc1oc(-c2ccccc2)nc1CCOc1cccc(C[C@@H]2CNC[C@H]2C(=O)N2[C@@H]3CC4CC[C@]3(CS2(=O)=O)C4(C)C)c1. The second-order valence-corrected chi connectivity index (χ2v) is 15.5. The number of fused-ring (bicyclic) bond motifs is 1. The Balaban J connectivity index is 1.00. The van der Waals surface area contributed by atoms with E-state index in [9.17, 15) is 13.2 Å². The molecule has 3 aromatic rings. The molecule has 8 nitrogen and oxygen atoms in total. The lowest BCUT2D eigenvalue weighted by Gasteiger charge is -2.37. The van der Waals surface area contributed by atoms with Crippen molar-refractivity contribution in [3.63, 3.8) is 0 Å². The third-order valence-electron chi connectivity index (χ3n) is 11.2. The molecule has 2 bridgehead atoms. The zero-order chi connectivity index (χ0) is 30.0. The number of carbonyl (C=O) groups is 1. The smallest absolute Gasteiger partial charge is 0.241 e. The third kappa shape index (κ3) is 4.70. The van der Waals surface area contributed by atoms with Crippen LogP contribution in [-0.2, 0) is 27.7 Å².